The van der Waals surface area contributed by atoms with Gasteiger partial charge in [0.25, 0.3) is 0 Å². The Morgan fingerprint density at radius 2 is 2.00 bits per heavy atom. The quantitative estimate of drug-likeness (QED) is 0.773. The van der Waals surface area contributed by atoms with Gasteiger partial charge in [-0.1, -0.05) is 28.1 Å². The first-order valence-corrected chi connectivity index (χ1v) is 8.17. The molecule has 0 N–H and O–H groups in total. The number of carbonyl (C=O) groups is 1. The van der Waals surface area contributed by atoms with E-state index in [0.29, 0.717) is 18.1 Å². The van der Waals surface area contributed by atoms with Crippen LogP contribution in [0.1, 0.15) is 17.9 Å². The van der Waals surface area contributed by atoms with Crippen molar-refractivity contribution in [2.45, 2.75) is 17.9 Å². The van der Waals surface area contributed by atoms with Crippen molar-refractivity contribution in [2.75, 3.05) is 20.8 Å². The van der Waals surface area contributed by atoms with Gasteiger partial charge in [0.2, 0.25) is 0 Å². The lowest BCUT2D eigenvalue weighted by Crippen LogP contribution is -2.49. The first kappa shape index (κ1) is 14.3. The lowest BCUT2D eigenvalue weighted by atomic mass is 9.61. The molecular weight excluding hydrogens is 348 g/mol. The van der Waals surface area contributed by atoms with Crippen LogP contribution in [-0.2, 0) is 9.53 Å². The Labute approximate surface area is 137 Å². The van der Waals surface area contributed by atoms with E-state index in [-0.39, 0.29) is 23.5 Å². The minimum Gasteiger partial charge on any atom is -0.493 e. The molecule has 1 heterocycles. The summed E-state index contributed by atoms with van der Waals surface area (Å²) in [4.78, 5) is 12.7. The van der Waals surface area contributed by atoms with Gasteiger partial charge < -0.3 is 14.2 Å². The van der Waals surface area contributed by atoms with E-state index in [1.54, 1.807) is 14.2 Å². The number of hydrogen-bond donors (Lipinski definition) is 0. The number of fused-ring (bicyclic) bond motifs is 1. The van der Waals surface area contributed by atoms with Gasteiger partial charge in [0, 0.05) is 11.8 Å². The minimum atomic E-state index is -0.536. The molecule has 1 saturated carbocycles. The van der Waals surface area contributed by atoms with Gasteiger partial charge in [0.1, 0.15) is 0 Å². The minimum absolute atomic E-state index is 0.125. The molecule has 1 unspecified atom stereocenters. The number of benzene rings is 1. The third-order valence-electron chi connectivity index (χ3n) is 5.17. The van der Waals surface area contributed by atoms with Crippen LogP contribution in [0.4, 0.5) is 0 Å². The zero-order chi connectivity index (χ0) is 15.5. The fourth-order valence-electron chi connectivity index (χ4n) is 3.89. The van der Waals surface area contributed by atoms with Crippen LogP contribution < -0.4 is 9.47 Å². The van der Waals surface area contributed by atoms with Crippen molar-refractivity contribution in [3.05, 3.63) is 34.3 Å². The molecule has 3 aliphatic carbocycles. The molecule has 4 nitrogen and oxygen atoms in total. The summed E-state index contributed by atoms with van der Waals surface area (Å²) in [7, 11) is 3.25. The number of ether oxygens (including phenoxy) is 3. The average Bonchev–Trinajstić information content (AvgIpc) is 3.33. The number of carbonyl (C=O) groups excluding carboxylic acids is 1. The molecule has 1 aliphatic heterocycles. The predicted octanol–water partition coefficient (Wildman–Crippen LogP) is 3.05. The van der Waals surface area contributed by atoms with E-state index in [4.69, 9.17) is 14.2 Å². The number of halogens is 1. The number of Topliss-reactive ketones (excluding diaryl/α,β-unsaturated/α-hetero) is 1. The smallest absolute Gasteiger partial charge is 0.175 e. The van der Waals surface area contributed by atoms with Gasteiger partial charge >= 0.3 is 0 Å². The molecule has 0 aromatic heterocycles. The van der Waals surface area contributed by atoms with Crippen molar-refractivity contribution in [1.29, 1.82) is 0 Å². The lowest BCUT2D eigenvalue weighted by molar-refractivity contribution is -0.132. The summed E-state index contributed by atoms with van der Waals surface area (Å²) < 4.78 is 17.4. The Hall–Kier alpha value is -1.33. The van der Waals surface area contributed by atoms with Crippen LogP contribution in [-0.4, -0.2) is 32.2 Å². The van der Waals surface area contributed by atoms with Gasteiger partial charge in [-0.2, -0.15) is 0 Å². The van der Waals surface area contributed by atoms with E-state index in [1.165, 1.54) is 0 Å². The maximum atomic E-state index is 12.7. The molecule has 116 valence electrons. The van der Waals surface area contributed by atoms with Crippen molar-refractivity contribution in [2.24, 2.45) is 11.8 Å². The molecule has 1 aromatic rings. The van der Waals surface area contributed by atoms with Gasteiger partial charge in [-0.15, -0.1) is 0 Å². The molecule has 1 spiro atoms. The van der Waals surface area contributed by atoms with E-state index in [1.807, 2.05) is 18.2 Å². The Kier molecular flexibility index (Phi) is 3.13. The highest BCUT2D eigenvalue weighted by Gasteiger charge is 2.66. The van der Waals surface area contributed by atoms with Crippen molar-refractivity contribution in [1.82, 2.24) is 0 Å². The highest BCUT2D eigenvalue weighted by Crippen LogP contribution is 2.59. The van der Waals surface area contributed by atoms with E-state index >= 15 is 0 Å². The number of allylic oxidation sites excluding steroid dienone is 1. The summed E-state index contributed by atoms with van der Waals surface area (Å²) in [6.07, 6.45) is 2.98. The van der Waals surface area contributed by atoms with E-state index in [0.717, 1.165) is 16.5 Å². The highest BCUT2D eigenvalue weighted by molar-refractivity contribution is 9.11. The standard InChI is InChI=1S/C17H17BrO4/c1-20-14-4-3-9(5-15(14)21-2)10-6-12-13(18)7-11(10)16(19)17(12)8-22-17/h3-5,7,10-12H,6,8H2,1-2H3/t10-,11?,12+,17+/m1/s1. The van der Waals surface area contributed by atoms with E-state index < -0.39 is 5.60 Å². The first-order valence-electron chi connectivity index (χ1n) is 7.38. The van der Waals surface area contributed by atoms with E-state index in [9.17, 15) is 4.79 Å². The van der Waals surface area contributed by atoms with Crippen molar-refractivity contribution < 1.29 is 19.0 Å². The Morgan fingerprint density at radius 1 is 1.27 bits per heavy atom. The van der Waals surface area contributed by atoms with E-state index in [2.05, 4.69) is 22.0 Å². The zero-order valence-electron chi connectivity index (χ0n) is 12.5. The summed E-state index contributed by atoms with van der Waals surface area (Å²) in [6.45, 7) is 0.564. The van der Waals surface area contributed by atoms with Gasteiger partial charge in [0.05, 0.1) is 20.8 Å². The number of ketones is 1. The second-order valence-corrected chi connectivity index (χ2v) is 7.04. The largest absolute Gasteiger partial charge is 0.493 e. The third-order valence-corrected chi connectivity index (χ3v) is 5.99. The molecule has 0 radical (unpaired) electrons. The highest BCUT2D eigenvalue weighted by atomic mass is 79.9. The normalized spacial score (nSPS) is 35.5. The zero-order valence-corrected chi connectivity index (χ0v) is 14.1. The molecule has 5 rings (SSSR count). The maximum absolute atomic E-state index is 12.7. The fourth-order valence-corrected chi connectivity index (χ4v) is 4.73. The lowest BCUT2D eigenvalue weighted by Gasteiger charge is -2.43. The van der Waals surface area contributed by atoms with Crippen LogP contribution in [0.5, 0.6) is 11.5 Å². The summed E-state index contributed by atoms with van der Waals surface area (Å²) in [5.74, 6) is 1.83. The van der Waals surface area contributed by atoms with Crippen LogP contribution >= 0.6 is 15.9 Å². The Balaban J connectivity index is 1.72. The fraction of sp³-hybridized carbons (Fsp3) is 0.471. The molecule has 1 saturated heterocycles. The second kappa shape index (κ2) is 4.83. The molecule has 4 aliphatic rings. The van der Waals surface area contributed by atoms with Crippen molar-refractivity contribution in [3.63, 3.8) is 0 Å². The van der Waals surface area contributed by atoms with Crippen LogP contribution in [0, 0.1) is 11.8 Å². The third kappa shape index (κ3) is 1.82. The number of hydrogen-bond acceptors (Lipinski definition) is 4. The molecule has 0 amide bonds. The number of epoxide rings is 1. The average molecular weight is 365 g/mol. The summed E-state index contributed by atoms with van der Waals surface area (Å²) >= 11 is 3.62. The summed E-state index contributed by atoms with van der Waals surface area (Å²) in [5.41, 5.74) is 0.582. The number of rotatable bonds is 3. The Morgan fingerprint density at radius 3 is 2.64 bits per heavy atom. The van der Waals surface area contributed by atoms with Crippen molar-refractivity contribution in [3.8, 4) is 11.5 Å². The molecule has 22 heavy (non-hydrogen) atoms. The second-order valence-electron chi connectivity index (χ2n) is 6.13. The molecule has 5 heteroatoms. The molecular formula is C17H17BrO4. The molecule has 2 fully saturated rings. The maximum Gasteiger partial charge on any atom is 0.175 e. The topological polar surface area (TPSA) is 48.1 Å². The predicted molar refractivity (Wildman–Crippen MR) is 84.6 cm³/mol. The van der Waals surface area contributed by atoms with Crippen LogP contribution in [0.3, 0.4) is 0 Å². The van der Waals surface area contributed by atoms with Gasteiger partial charge in [-0.3, -0.25) is 4.79 Å². The molecule has 4 atom stereocenters. The SMILES string of the molecule is COc1ccc([C@H]2C[C@H]3C(Br)=CC2C(=O)[C@]32CO2)cc1OC. The van der Waals surface area contributed by atoms with Gasteiger partial charge in [-0.05, 0) is 34.5 Å². The Bertz CT molecular complexity index is 677. The number of methoxy groups -OCH3 is 2. The van der Waals surface area contributed by atoms with Gasteiger partial charge in [0.15, 0.2) is 22.9 Å². The monoisotopic (exact) mass is 364 g/mol. The van der Waals surface area contributed by atoms with Crippen LogP contribution in [0.2, 0.25) is 0 Å². The van der Waals surface area contributed by atoms with Crippen LogP contribution in [0.15, 0.2) is 28.8 Å². The summed E-state index contributed by atoms with van der Waals surface area (Å²) in [6, 6.07) is 5.92. The molecule has 2 bridgehead atoms. The summed E-state index contributed by atoms with van der Waals surface area (Å²) in [5, 5.41) is 0. The van der Waals surface area contributed by atoms with Crippen LogP contribution in [0.25, 0.3) is 0 Å². The van der Waals surface area contributed by atoms with Gasteiger partial charge in [-0.25, -0.2) is 0 Å². The first-order chi connectivity index (χ1) is 10.6. The molecule has 1 aromatic carbocycles. The van der Waals surface area contributed by atoms with Crippen molar-refractivity contribution >= 4 is 21.7 Å².